The lowest BCUT2D eigenvalue weighted by molar-refractivity contribution is 0.653. The Morgan fingerprint density at radius 3 is 3.00 bits per heavy atom. The van der Waals surface area contributed by atoms with Gasteiger partial charge in [0.05, 0.1) is 12.6 Å². The molecule has 0 fully saturated rings. The maximum absolute atomic E-state index is 5.69. The van der Waals surface area contributed by atoms with Gasteiger partial charge in [0.25, 0.3) is 0 Å². The van der Waals surface area contributed by atoms with Crippen LogP contribution >= 0.6 is 27.3 Å². The Morgan fingerprint density at radius 1 is 1.67 bits per heavy atom. The molecule has 2 N–H and O–H groups in total. The Hall–Kier alpha value is -0.720. The molecule has 0 aliphatic carbocycles. The third-order valence-electron chi connectivity index (χ3n) is 1.96. The van der Waals surface area contributed by atoms with E-state index in [0.717, 1.165) is 11.0 Å². The van der Waals surface area contributed by atoms with E-state index in [0.29, 0.717) is 5.82 Å². The van der Waals surface area contributed by atoms with E-state index in [1.165, 1.54) is 4.88 Å². The number of aromatic nitrogens is 3. The van der Waals surface area contributed by atoms with Gasteiger partial charge < -0.3 is 5.73 Å². The Balaban J connectivity index is 2.15. The van der Waals surface area contributed by atoms with E-state index in [1.807, 2.05) is 18.4 Å². The fourth-order valence-corrected chi connectivity index (χ4v) is 2.65. The molecule has 0 saturated carbocycles. The van der Waals surface area contributed by atoms with Gasteiger partial charge in [0, 0.05) is 9.35 Å². The van der Waals surface area contributed by atoms with Crippen LogP contribution in [-0.4, -0.2) is 14.8 Å². The van der Waals surface area contributed by atoms with Crippen molar-refractivity contribution in [3.05, 3.63) is 32.9 Å². The largest absolute Gasteiger partial charge is 0.321 e. The Labute approximate surface area is 100 Å². The summed E-state index contributed by atoms with van der Waals surface area (Å²) in [5, 5.41) is 6.34. The minimum absolute atomic E-state index is 0.113. The van der Waals surface area contributed by atoms with Gasteiger partial charge in [-0.1, -0.05) is 0 Å². The van der Waals surface area contributed by atoms with E-state index >= 15 is 0 Å². The molecule has 0 amide bonds. The van der Waals surface area contributed by atoms with Gasteiger partial charge in [0.1, 0.15) is 6.33 Å². The molecule has 0 spiro atoms. The van der Waals surface area contributed by atoms with Crippen molar-refractivity contribution in [2.75, 3.05) is 0 Å². The van der Waals surface area contributed by atoms with Crippen LogP contribution in [0.4, 0.5) is 0 Å². The first-order chi connectivity index (χ1) is 7.16. The van der Waals surface area contributed by atoms with Gasteiger partial charge in [-0.2, -0.15) is 5.10 Å². The molecule has 2 aromatic rings. The Kier molecular flexibility index (Phi) is 3.18. The van der Waals surface area contributed by atoms with Crippen molar-refractivity contribution in [1.29, 1.82) is 0 Å². The average molecular weight is 287 g/mol. The maximum atomic E-state index is 5.69. The lowest BCUT2D eigenvalue weighted by Gasteiger charge is -1.99. The van der Waals surface area contributed by atoms with E-state index in [-0.39, 0.29) is 6.04 Å². The topological polar surface area (TPSA) is 56.7 Å². The smallest absolute Gasteiger partial charge is 0.166 e. The van der Waals surface area contributed by atoms with E-state index in [4.69, 9.17) is 5.73 Å². The second-order valence-corrected chi connectivity index (χ2v) is 5.14. The number of hydrogen-bond donors (Lipinski definition) is 1. The third kappa shape index (κ3) is 2.45. The summed E-state index contributed by atoms with van der Waals surface area (Å²) in [5.41, 5.74) is 5.69. The molecule has 80 valence electrons. The molecule has 0 aromatic carbocycles. The van der Waals surface area contributed by atoms with E-state index in [2.05, 4.69) is 26.0 Å². The van der Waals surface area contributed by atoms with Crippen molar-refractivity contribution in [1.82, 2.24) is 14.8 Å². The zero-order chi connectivity index (χ0) is 10.8. The van der Waals surface area contributed by atoms with Crippen LogP contribution in [0.5, 0.6) is 0 Å². The summed E-state index contributed by atoms with van der Waals surface area (Å²) in [7, 11) is 0. The molecule has 1 unspecified atom stereocenters. The molecule has 0 bridgehead atoms. The standard InChI is InChI=1S/C9H11BrN4S/c1-6(11)9-12-5-14(13-9)4-8-7(10)2-3-15-8/h2-3,5-6H,4,11H2,1H3. The molecule has 15 heavy (non-hydrogen) atoms. The van der Waals surface area contributed by atoms with Crippen LogP contribution in [0.2, 0.25) is 0 Å². The zero-order valence-electron chi connectivity index (χ0n) is 8.22. The molecule has 6 heteroatoms. The minimum Gasteiger partial charge on any atom is -0.321 e. The van der Waals surface area contributed by atoms with Gasteiger partial charge in [-0.15, -0.1) is 11.3 Å². The van der Waals surface area contributed by atoms with Gasteiger partial charge >= 0.3 is 0 Å². The van der Waals surface area contributed by atoms with Crippen molar-refractivity contribution < 1.29 is 0 Å². The van der Waals surface area contributed by atoms with Crippen molar-refractivity contribution in [3.63, 3.8) is 0 Å². The number of halogens is 1. The number of thiophene rings is 1. The van der Waals surface area contributed by atoms with Crippen molar-refractivity contribution in [3.8, 4) is 0 Å². The predicted molar refractivity (Wildman–Crippen MR) is 63.7 cm³/mol. The zero-order valence-corrected chi connectivity index (χ0v) is 10.6. The molecule has 0 radical (unpaired) electrons. The first-order valence-electron chi connectivity index (χ1n) is 4.53. The molecular weight excluding hydrogens is 276 g/mol. The molecule has 2 heterocycles. The SMILES string of the molecule is CC(N)c1ncn(Cc2sccc2Br)n1. The molecule has 2 aromatic heterocycles. The number of nitrogens with zero attached hydrogens (tertiary/aromatic N) is 3. The van der Waals surface area contributed by atoms with Crippen LogP contribution < -0.4 is 5.73 Å². The Morgan fingerprint density at radius 2 is 2.47 bits per heavy atom. The molecule has 0 aliphatic rings. The summed E-state index contributed by atoms with van der Waals surface area (Å²) in [6.45, 7) is 2.61. The molecule has 4 nitrogen and oxygen atoms in total. The molecule has 1 atom stereocenters. The van der Waals surface area contributed by atoms with Crippen molar-refractivity contribution in [2.45, 2.75) is 19.5 Å². The number of hydrogen-bond acceptors (Lipinski definition) is 4. The second-order valence-electron chi connectivity index (χ2n) is 3.28. The van der Waals surface area contributed by atoms with Crippen molar-refractivity contribution in [2.24, 2.45) is 5.73 Å². The fourth-order valence-electron chi connectivity index (χ4n) is 1.18. The summed E-state index contributed by atoms with van der Waals surface area (Å²) in [6, 6.07) is 1.92. The summed E-state index contributed by atoms with van der Waals surface area (Å²) in [4.78, 5) is 5.37. The molecule has 2 rings (SSSR count). The highest BCUT2D eigenvalue weighted by Crippen LogP contribution is 2.23. The van der Waals surface area contributed by atoms with Gasteiger partial charge in [-0.05, 0) is 34.3 Å². The predicted octanol–water partition coefficient (Wildman–Crippen LogP) is 2.17. The maximum Gasteiger partial charge on any atom is 0.166 e. The van der Waals surface area contributed by atoms with Crippen LogP contribution in [0, 0.1) is 0 Å². The lowest BCUT2D eigenvalue weighted by Crippen LogP contribution is -2.08. The highest BCUT2D eigenvalue weighted by molar-refractivity contribution is 9.10. The quantitative estimate of drug-likeness (QED) is 0.941. The molecule has 0 saturated heterocycles. The normalized spacial score (nSPS) is 13.0. The fraction of sp³-hybridized carbons (Fsp3) is 0.333. The van der Waals surface area contributed by atoms with Gasteiger partial charge in [-0.3, -0.25) is 0 Å². The van der Waals surface area contributed by atoms with Crippen LogP contribution in [0.3, 0.4) is 0 Å². The number of rotatable bonds is 3. The van der Waals surface area contributed by atoms with Crippen LogP contribution in [-0.2, 0) is 6.54 Å². The van der Waals surface area contributed by atoms with Gasteiger partial charge in [0.15, 0.2) is 5.82 Å². The average Bonchev–Trinajstić information content (AvgIpc) is 2.77. The van der Waals surface area contributed by atoms with E-state index < -0.39 is 0 Å². The minimum atomic E-state index is -0.113. The Bertz CT molecular complexity index is 448. The second kappa shape index (κ2) is 4.42. The summed E-state index contributed by atoms with van der Waals surface area (Å²) in [6.07, 6.45) is 1.71. The summed E-state index contributed by atoms with van der Waals surface area (Å²) < 4.78 is 2.92. The van der Waals surface area contributed by atoms with Crippen LogP contribution in [0.25, 0.3) is 0 Å². The first kappa shape index (κ1) is 10.8. The number of nitrogens with two attached hydrogens (primary N) is 1. The van der Waals surface area contributed by atoms with E-state index in [9.17, 15) is 0 Å². The van der Waals surface area contributed by atoms with Gasteiger partial charge in [0.2, 0.25) is 0 Å². The third-order valence-corrected chi connectivity index (χ3v) is 3.87. The van der Waals surface area contributed by atoms with Gasteiger partial charge in [-0.25, -0.2) is 9.67 Å². The lowest BCUT2D eigenvalue weighted by atomic mass is 10.3. The van der Waals surface area contributed by atoms with E-state index in [1.54, 1.807) is 22.3 Å². The monoisotopic (exact) mass is 286 g/mol. The highest BCUT2D eigenvalue weighted by Gasteiger charge is 2.07. The summed E-state index contributed by atoms with van der Waals surface area (Å²) in [5.74, 6) is 0.683. The van der Waals surface area contributed by atoms with Crippen molar-refractivity contribution >= 4 is 27.3 Å². The first-order valence-corrected chi connectivity index (χ1v) is 6.21. The highest BCUT2D eigenvalue weighted by atomic mass is 79.9. The summed E-state index contributed by atoms with van der Waals surface area (Å²) >= 11 is 5.18. The van der Waals surface area contributed by atoms with Crippen LogP contribution in [0.1, 0.15) is 23.7 Å². The molecular formula is C9H11BrN4S. The van der Waals surface area contributed by atoms with Crippen LogP contribution in [0.15, 0.2) is 22.2 Å². The molecule has 0 aliphatic heterocycles.